The standard InChI is InChI=1S/C15H23N3O2/c1-17-15(20)13-6-5-11(16)8-14(13)18-9-10-3-2-4-12(19)7-10/h5-6,8,10,12,18-19H,2-4,7,9,16H2,1H3,(H,17,20). The summed E-state index contributed by atoms with van der Waals surface area (Å²) in [7, 11) is 1.61. The van der Waals surface area contributed by atoms with E-state index in [0.717, 1.165) is 37.9 Å². The summed E-state index contributed by atoms with van der Waals surface area (Å²) in [6.45, 7) is 0.754. The van der Waals surface area contributed by atoms with Gasteiger partial charge in [0.05, 0.1) is 11.7 Å². The van der Waals surface area contributed by atoms with Gasteiger partial charge in [-0.3, -0.25) is 4.79 Å². The van der Waals surface area contributed by atoms with Crippen LogP contribution < -0.4 is 16.4 Å². The predicted octanol–water partition coefficient (Wildman–Crippen LogP) is 1.59. The first-order chi connectivity index (χ1) is 9.60. The van der Waals surface area contributed by atoms with Gasteiger partial charge in [-0.05, 0) is 43.4 Å². The molecule has 1 aliphatic carbocycles. The number of nitrogen functional groups attached to an aromatic ring is 1. The summed E-state index contributed by atoms with van der Waals surface area (Å²) in [6.07, 6.45) is 3.71. The Morgan fingerprint density at radius 3 is 2.95 bits per heavy atom. The number of hydrogen-bond donors (Lipinski definition) is 4. The molecule has 0 saturated heterocycles. The van der Waals surface area contributed by atoms with Crippen molar-refractivity contribution in [3.05, 3.63) is 23.8 Å². The Kier molecular flexibility index (Phi) is 4.84. The van der Waals surface area contributed by atoms with Crippen LogP contribution in [0.1, 0.15) is 36.0 Å². The molecule has 1 aromatic carbocycles. The molecule has 110 valence electrons. The van der Waals surface area contributed by atoms with Crippen LogP contribution in [-0.4, -0.2) is 30.7 Å². The number of benzene rings is 1. The van der Waals surface area contributed by atoms with E-state index in [2.05, 4.69) is 10.6 Å². The van der Waals surface area contributed by atoms with Crippen molar-refractivity contribution >= 4 is 17.3 Å². The fraction of sp³-hybridized carbons (Fsp3) is 0.533. The van der Waals surface area contributed by atoms with Gasteiger partial charge in [0.15, 0.2) is 0 Å². The van der Waals surface area contributed by atoms with Gasteiger partial charge < -0.3 is 21.5 Å². The second-order valence-corrected chi connectivity index (χ2v) is 5.45. The van der Waals surface area contributed by atoms with Gasteiger partial charge >= 0.3 is 0 Å². The number of aliphatic hydroxyl groups is 1. The van der Waals surface area contributed by atoms with E-state index in [-0.39, 0.29) is 12.0 Å². The number of amides is 1. The minimum absolute atomic E-state index is 0.129. The van der Waals surface area contributed by atoms with Gasteiger partial charge in [0.1, 0.15) is 0 Å². The van der Waals surface area contributed by atoms with E-state index in [0.29, 0.717) is 17.2 Å². The van der Waals surface area contributed by atoms with Crippen molar-refractivity contribution in [2.45, 2.75) is 31.8 Å². The highest BCUT2D eigenvalue weighted by atomic mass is 16.3. The number of carbonyl (C=O) groups is 1. The van der Waals surface area contributed by atoms with E-state index in [1.807, 2.05) is 0 Å². The Hall–Kier alpha value is -1.75. The van der Waals surface area contributed by atoms with E-state index in [4.69, 9.17) is 5.73 Å². The third kappa shape index (κ3) is 3.63. The lowest BCUT2D eigenvalue weighted by Gasteiger charge is -2.26. The first kappa shape index (κ1) is 14.7. The molecule has 1 amide bonds. The lowest BCUT2D eigenvalue weighted by Crippen LogP contribution is -2.26. The van der Waals surface area contributed by atoms with E-state index in [1.165, 1.54) is 0 Å². The molecule has 5 nitrogen and oxygen atoms in total. The van der Waals surface area contributed by atoms with Gasteiger partial charge in [-0.25, -0.2) is 0 Å². The fourth-order valence-electron chi connectivity index (χ4n) is 2.74. The summed E-state index contributed by atoms with van der Waals surface area (Å²) in [5.74, 6) is 0.314. The van der Waals surface area contributed by atoms with Crippen molar-refractivity contribution in [1.82, 2.24) is 5.32 Å². The highest BCUT2D eigenvalue weighted by molar-refractivity contribution is 6.00. The lowest BCUT2D eigenvalue weighted by atomic mass is 9.87. The monoisotopic (exact) mass is 277 g/mol. The molecule has 0 bridgehead atoms. The summed E-state index contributed by atoms with van der Waals surface area (Å²) in [5.41, 5.74) is 7.77. The molecule has 2 unspecified atom stereocenters. The van der Waals surface area contributed by atoms with Crippen molar-refractivity contribution < 1.29 is 9.90 Å². The average molecular weight is 277 g/mol. The number of nitrogens with two attached hydrogens (primary N) is 1. The summed E-state index contributed by atoms with van der Waals surface area (Å²) >= 11 is 0. The second kappa shape index (κ2) is 6.61. The largest absolute Gasteiger partial charge is 0.399 e. The number of rotatable bonds is 4. The molecule has 5 heteroatoms. The molecule has 5 N–H and O–H groups in total. The third-order valence-electron chi connectivity index (χ3n) is 3.85. The van der Waals surface area contributed by atoms with Crippen LogP contribution in [0.3, 0.4) is 0 Å². The Labute approximate surface area is 119 Å². The highest BCUT2D eigenvalue weighted by Gasteiger charge is 2.20. The van der Waals surface area contributed by atoms with Crippen molar-refractivity contribution in [3.63, 3.8) is 0 Å². The fourth-order valence-corrected chi connectivity index (χ4v) is 2.74. The van der Waals surface area contributed by atoms with Crippen LogP contribution >= 0.6 is 0 Å². The van der Waals surface area contributed by atoms with E-state index < -0.39 is 0 Å². The van der Waals surface area contributed by atoms with Gasteiger partial charge in [-0.1, -0.05) is 6.42 Å². The van der Waals surface area contributed by atoms with Gasteiger partial charge in [0.25, 0.3) is 5.91 Å². The molecular formula is C15H23N3O2. The number of carbonyl (C=O) groups excluding carboxylic acids is 1. The minimum atomic E-state index is -0.185. The van der Waals surface area contributed by atoms with Gasteiger partial charge in [0.2, 0.25) is 0 Å². The van der Waals surface area contributed by atoms with Crippen molar-refractivity contribution in [3.8, 4) is 0 Å². The number of hydrogen-bond acceptors (Lipinski definition) is 4. The van der Waals surface area contributed by atoms with Crippen LogP contribution in [0.25, 0.3) is 0 Å². The molecule has 2 rings (SSSR count). The summed E-state index contributed by atoms with van der Waals surface area (Å²) in [4.78, 5) is 11.8. The third-order valence-corrected chi connectivity index (χ3v) is 3.85. The molecule has 0 aliphatic heterocycles. The maximum absolute atomic E-state index is 11.8. The van der Waals surface area contributed by atoms with Gasteiger partial charge in [0, 0.05) is 25.0 Å². The average Bonchev–Trinajstić information content (AvgIpc) is 2.44. The number of aliphatic hydroxyl groups excluding tert-OH is 1. The Morgan fingerprint density at radius 2 is 2.25 bits per heavy atom. The smallest absolute Gasteiger partial charge is 0.253 e. The van der Waals surface area contributed by atoms with Crippen LogP contribution in [0.4, 0.5) is 11.4 Å². The van der Waals surface area contributed by atoms with Crippen LogP contribution in [0.5, 0.6) is 0 Å². The van der Waals surface area contributed by atoms with Crippen LogP contribution in [0.15, 0.2) is 18.2 Å². The topological polar surface area (TPSA) is 87.4 Å². The van der Waals surface area contributed by atoms with Crippen molar-refractivity contribution in [2.24, 2.45) is 5.92 Å². The SMILES string of the molecule is CNC(=O)c1ccc(N)cc1NCC1CCCC(O)C1. The molecule has 1 saturated carbocycles. The van der Waals surface area contributed by atoms with Crippen molar-refractivity contribution in [1.29, 1.82) is 0 Å². The predicted molar refractivity (Wildman–Crippen MR) is 80.7 cm³/mol. The molecule has 1 fully saturated rings. The lowest BCUT2D eigenvalue weighted by molar-refractivity contribution is 0.0962. The molecule has 0 radical (unpaired) electrons. The zero-order valence-corrected chi connectivity index (χ0v) is 11.9. The molecule has 0 spiro atoms. The zero-order chi connectivity index (χ0) is 14.5. The summed E-state index contributed by atoms with van der Waals surface area (Å²) in [6, 6.07) is 5.23. The van der Waals surface area contributed by atoms with Gasteiger partial charge in [-0.15, -0.1) is 0 Å². The Balaban J connectivity index is 2.04. The Bertz CT molecular complexity index is 476. The second-order valence-electron chi connectivity index (χ2n) is 5.45. The molecule has 1 aliphatic rings. The quantitative estimate of drug-likeness (QED) is 0.629. The minimum Gasteiger partial charge on any atom is -0.399 e. The molecule has 0 aromatic heterocycles. The van der Waals surface area contributed by atoms with Crippen LogP contribution in [-0.2, 0) is 0 Å². The normalized spacial score (nSPS) is 22.3. The van der Waals surface area contributed by atoms with Crippen molar-refractivity contribution in [2.75, 3.05) is 24.6 Å². The number of nitrogens with one attached hydrogen (secondary N) is 2. The first-order valence-corrected chi connectivity index (χ1v) is 7.13. The van der Waals surface area contributed by atoms with E-state index >= 15 is 0 Å². The maximum Gasteiger partial charge on any atom is 0.253 e. The zero-order valence-electron chi connectivity index (χ0n) is 11.9. The molecule has 20 heavy (non-hydrogen) atoms. The molecular weight excluding hydrogens is 254 g/mol. The number of anilines is 2. The molecule has 0 heterocycles. The molecule has 2 atom stereocenters. The van der Waals surface area contributed by atoms with E-state index in [1.54, 1.807) is 25.2 Å². The molecule has 1 aromatic rings. The van der Waals surface area contributed by atoms with Crippen LogP contribution in [0, 0.1) is 5.92 Å². The van der Waals surface area contributed by atoms with E-state index in [9.17, 15) is 9.90 Å². The van der Waals surface area contributed by atoms with Gasteiger partial charge in [-0.2, -0.15) is 0 Å². The highest BCUT2D eigenvalue weighted by Crippen LogP contribution is 2.26. The summed E-state index contributed by atoms with van der Waals surface area (Å²) in [5, 5.41) is 15.6. The van der Waals surface area contributed by atoms with Crippen LogP contribution in [0.2, 0.25) is 0 Å². The Morgan fingerprint density at radius 1 is 1.45 bits per heavy atom. The first-order valence-electron chi connectivity index (χ1n) is 7.13. The summed E-state index contributed by atoms with van der Waals surface area (Å²) < 4.78 is 0. The maximum atomic E-state index is 11.8.